The minimum atomic E-state index is -0.494. The largest absolute Gasteiger partial charge is 0.368 e. The lowest BCUT2D eigenvalue weighted by molar-refractivity contribution is -0.329. The molecule has 4 aromatic rings. The molecule has 5 nitrogen and oxygen atoms in total. The number of rotatable bonds is 9. The first-order valence-electron chi connectivity index (χ1n) is 13.3. The van der Waals surface area contributed by atoms with Crippen molar-refractivity contribution in [3.8, 4) is 0 Å². The highest BCUT2D eigenvalue weighted by Crippen LogP contribution is 2.41. The van der Waals surface area contributed by atoms with Crippen LogP contribution >= 0.6 is 11.8 Å². The van der Waals surface area contributed by atoms with Crippen molar-refractivity contribution < 1.29 is 23.7 Å². The zero-order chi connectivity index (χ0) is 26.3. The van der Waals surface area contributed by atoms with Crippen molar-refractivity contribution in [1.82, 2.24) is 0 Å². The van der Waals surface area contributed by atoms with Gasteiger partial charge in [-0.2, -0.15) is 0 Å². The topological polar surface area (TPSA) is 46.2 Å². The molecule has 0 N–H and O–H groups in total. The second-order valence-corrected chi connectivity index (χ2v) is 10.8. The monoisotopic (exact) mass is 540 g/mol. The Kier molecular flexibility index (Phi) is 8.70. The van der Waals surface area contributed by atoms with Gasteiger partial charge in [0.2, 0.25) is 0 Å². The van der Waals surface area contributed by atoms with Crippen LogP contribution in [0.5, 0.6) is 0 Å². The fraction of sp³-hybridized carbons (Fsp3) is 0.273. The summed E-state index contributed by atoms with van der Waals surface area (Å²) in [5, 5.41) is 0. The smallest absolute Gasteiger partial charge is 0.184 e. The molecule has 2 aliphatic heterocycles. The van der Waals surface area contributed by atoms with Crippen molar-refractivity contribution in [3.63, 3.8) is 0 Å². The predicted octanol–water partition coefficient (Wildman–Crippen LogP) is 6.79. The summed E-state index contributed by atoms with van der Waals surface area (Å²) in [6.45, 7) is 1.30. The molecule has 200 valence electrons. The summed E-state index contributed by atoms with van der Waals surface area (Å²) in [4.78, 5) is 1.11. The van der Waals surface area contributed by atoms with Crippen molar-refractivity contribution in [3.05, 3.63) is 138 Å². The molecule has 2 aliphatic rings. The van der Waals surface area contributed by atoms with Crippen LogP contribution in [0.25, 0.3) is 0 Å². The molecule has 6 atom stereocenters. The maximum absolute atomic E-state index is 6.69. The van der Waals surface area contributed by atoms with Crippen LogP contribution in [0.1, 0.15) is 23.0 Å². The quantitative estimate of drug-likeness (QED) is 0.233. The van der Waals surface area contributed by atoms with Gasteiger partial charge in [0, 0.05) is 10.5 Å². The molecule has 2 heterocycles. The number of benzene rings is 4. The van der Waals surface area contributed by atoms with Gasteiger partial charge in [-0.25, -0.2) is 0 Å². The fourth-order valence-corrected chi connectivity index (χ4v) is 6.10. The molecule has 0 aromatic heterocycles. The van der Waals surface area contributed by atoms with Gasteiger partial charge in [0.15, 0.2) is 6.29 Å². The molecule has 0 spiro atoms. The van der Waals surface area contributed by atoms with E-state index in [9.17, 15) is 0 Å². The number of fused-ring (bicyclic) bond motifs is 1. The normalized spacial score (nSPS) is 26.6. The van der Waals surface area contributed by atoms with Crippen LogP contribution in [0.2, 0.25) is 0 Å². The SMILES string of the molecule is c1ccc(COC2[C@H](Sc3ccccc3)OC3COC(c4ccccc4)O[C@H]3[C@H]2OCc2ccccc2)cc1. The van der Waals surface area contributed by atoms with Crippen molar-refractivity contribution in [2.75, 3.05) is 6.61 Å². The van der Waals surface area contributed by atoms with E-state index in [1.54, 1.807) is 11.8 Å². The second kappa shape index (κ2) is 12.9. The van der Waals surface area contributed by atoms with Gasteiger partial charge in [-0.05, 0) is 23.3 Å². The summed E-state index contributed by atoms with van der Waals surface area (Å²) in [5.41, 5.74) is 2.86. The highest BCUT2D eigenvalue weighted by molar-refractivity contribution is 7.99. The minimum absolute atomic E-state index is 0.288. The van der Waals surface area contributed by atoms with E-state index >= 15 is 0 Å². The Morgan fingerprint density at radius 2 is 1.15 bits per heavy atom. The molecule has 0 radical (unpaired) electrons. The van der Waals surface area contributed by atoms with E-state index in [4.69, 9.17) is 23.7 Å². The first-order chi connectivity index (χ1) is 19.3. The summed E-state index contributed by atoms with van der Waals surface area (Å²) in [6, 6.07) is 40.7. The highest BCUT2D eigenvalue weighted by Gasteiger charge is 2.51. The molecule has 0 bridgehead atoms. The van der Waals surface area contributed by atoms with Gasteiger partial charge >= 0.3 is 0 Å². The second-order valence-electron chi connectivity index (χ2n) is 9.67. The van der Waals surface area contributed by atoms with Gasteiger partial charge in [-0.3, -0.25) is 0 Å². The number of hydrogen-bond acceptors (Lipinski definition) is 6. The van der Waals surface area contributed by atoms with Crippen LogP contribution in [0.4, 0.5) is 0 Å². The highest BCUT2D eigenvalue weighted by atomic mass is 32.2. The summed E-state index contributed by atoms with van der Waals surface area (Å²) in [5.74, 6) is 0. The molecule has 0 amide bonds. The first kappa shape index (κ1) is 26.3. The van der Waals surface area contributed by atoms with Gasteiger partial charge < -0.3 is 23.7 Å². The standard InChI is InChI=1S/C33H32O5S/c1-5-13-24(14-6-1)21-34-30-29-28(23-36-32(38-29)26-17-9-3-10-18-26)37-33(39-27-19-11-4-12-20-27)31(30)35-22-25-15-7-2-8-16-25/h1-20,28-33H,21-23H2/t28?,29-,30-,31?,32?,33+/m1/s1. The third-order valence-electron chi connectivity index (χ3n) is 6.92. The van der Waals surface area contributed by atoms with E-state index < -0.39 is 6.29 Å². The van der Waals surface area contributed by atoms with Crippen molar-refractivity contribution >= 4 is 11.8 Å². The fourth-order valence-electron chi connectivity index (χ4n) is 4.95. The van der Waals surface area contributed by atoms with Crippen LogP contribution in [0.15, 0.2) is 126 Å². The summed E-state index contributed by atoms with van der Waals surface area (Å²) < 4.78 is 32.8. The predicted molar refractivity (Wildman–Crippen MR) is 151 cm³/mol. The summed E-state index contributed by atoms with van der Waals surface area (Å²) in [7, 11) is 0. The molecule has 39 heavy (non-hydrogen) atoms. The third-order valence-corrected chi connectivity index (χ3v) is 8.08. The Morgan fingerprint density at radius 1 is 0.615 bits per heavy atom. The summed E-state index contributed by atoms with van der Waals surface area (Å²) >= 11 is 1.65. The Hall–Kier alpha value is -2.97. The Morgan fingerprint density at radius 3 is 1.77 bits per heavy atom. The molecule has 2 saturated heterocycles. The average molecular weight is 541 g/mol. The van der Waals surface area contributed by atoms with Crippen molar-refractivity contribution in [1.29, 1.82) is 0 Å². The van der Waals surface area contributed by atoms with Crippen LogP contribution in [-0.2, 0) is 36.9 Å². The van der Waals surface area contributed by atoms with Crippen molar-refractivity contribution in [2.24, 2.45) is 0 Å². The molecule has 6 heteroatoms. The van der Waals surface area contributed by atoms with Crippen LogP contribution in [-0.4, -0.2) is 36.5 Å². The summed E-state index contributed by atoms with van der Waals surface area (Å²) in [6.07, 6.45) is -1.89. The third kappa shape index (κ3) is 6.61. The maximum Gasteiger partial charge on any atom is 0.184 e. The zero-order valence-electron chi connectivity index (χ0n) is 21.6. The Bertz CT molecular complexity index is 1270. The van der Waals surface area contributed by atoms with Crippen LogP contribution < -0.4 is 0 Å². The van der Waals surface area contributed by atoms with Gasteiger partial charge in [0.1, 0.15) is 29.9 Å². The lowest BCUT2D eigenvalue weighted by Gasteiger charge is -2.49. The van der Waals surface area contributed by atoms with Crippen LogP contribution in [0.3, 0.4) is 0 Å². The van der Waals surface area contributed by atoms with E-state index in [-0.39, 0.29) is 29.9 Å². The molecule has 4 aromatic carbocycles. The molecular formula is C33H32O5S. The van der Waals surface area contributed by atoms with E-state index in [0.717, 1.165) is 21.6 Å². The molecule has 0 aliphatic carbocycles. The minimum Gasteiger partial charge on any atom is -0.368 e. The Balaban J connectivity index is 1.30. The zero-order valence-corrected chi connectivity index (χ0v) is 22.4. The lowest BCUT2D eigenvalue weighted by atomic mass is 9.98. The average Bonchev–Trinajstić information content (AvgIpc) is 3.01. The van der Waals surface area contributed by atoms with Gasteiger partial charge in [0.05, 0.1) is 19.8 Å². The molecule has 3 unspecified atom stereocenters. The van der Waals surface area contributed by atoms with E-state index in [1.807, 2.05) is 84.9 Å². The Labute approximate surface area is 234 Å². The van der Waals surface area contributed by atoms with Gasteiger partial charge in [-0.1, -0.05) is 121 Å². The van der Waals surface area contributed by atoms with Crippen LogP contribution in [0, 0.1) is 0 Å². The molecular weight excluding hydrogens is 508 g/mol. The van der Waals surface area contributed by atoms with Gasteiger partial charge in [0.25, 0.3) is 0 Å². The molecule has 0 saturated carbocycles. The first-order valence-corrected chi connectivity index (χ1v) is 14.2. The van der Waals surface area contributed by atoms with Crippen molar-refractivity contribution in [2.45, 2.75) is 54.3 Å². The van der Waals surface area contributed by atoms with Gasteiger partial charge in [-0.15, -0.1) is 0 Å². The number of ether oxygens (including phenoxy) is 5. The van der Waals surface area contributed by atoms with E-state index in [2.05, 4.69) is 36.4 Å². The molecule has 2 fully saturated rings. The van der Waals surface area contributed by atoms with E-state index in [0.29, 0.717) is 19.8 Å². The lowest BCUT2D eigenvalue weighted by Crippen LogP contribution is -2.62. The maximum atomic E-state index is 6.69. The molecule has 6 rings (SSSR count). The van der Waals surface area contributed by atoms with E-state index in [1.165, 1.54) is 0 Å². The number of hydrogen-bond donors (Lipinski definition) is 0. The number of thioether (sulfide) groups is 1.